The van der Waals surface area contributed by atoms with Gasteiger partial charge < -0.3 is 24.0 Å². The van der Waals surface area contributed by atoms with Gasteiger partial charge >= 0.3 is 6.03 Å². The molecule has 0 saturated carbocycles. The van der Waals surface area contributed by atoms with E-state index in [4.69, 9.17) is 14.2 Å². The van der Waals surface area contributed by atoms with Crippen LogP contribution in [-0.2, 0) is 11.2 Å². The van der Waals surface area contributed by atoms with Crippen LogP contribution in [0.5, 0.6) is 11.5 Å². The van der Waals surface area contributed by atoms with Crippen LogP contribution in [0.1, 0.15) is 18.4 Å². The number of nitrogens with zero attached hydrogens (tertiary/aromatic N) is 2. The summed E-state index contributed by atoms with van der Waals surface area (Å²) >= 11 is 0. The molecule has 0 unspecified atom stereocenters. The fraction of sp³-hybridized carbons (Fsp3) is 0.632. The molecule has 0 aliphatic carbocycles. The van der Waals surface area contributed by atoms with Crippen LogP contribution < -0.4 is 9.47 Å². The largest absolute Gasteiger partial charge is 0.493 e. The third-order valence-corrected chi connectivity index (χ3v) is 5.14. The molecule has 2 saturated heterocycles. The van der Waals surface area contributed by atoms with Crippen LogP contribution in [0.2, 0.25) is 0 Å². The number of benzene rings is 1. The lowest BCUT2D eigenvalue weighted by molar-refractivity contribution is 0.0400. The SMILES string of the molecule is COc1ccc(CC2CCN(C(=O)N3CCOCC3)CC2)cc1OC. The Kier molecular flexibility index (Phi) is 6.02. The number of carbonyl (C=O) groups excluding carboxylic acids is 1. The van der Waals surface area contributed by atoms with Gasteiger partial charge in [-0.15, -0.1) is 0 Å². The van der Waals surface area contributed by atoms with Gasteiger partial charge in [-0.1, -0.05) is 6.07 Å². The maximum atomic E-state index is 12.5. The van der Waals surface area contributed by atoms with Crippen LogP contribution in [0, 0.1) is 5.92 Å². The molecular weight excluding hydrogens is 320 g/mol. The van der Waals surface area contributed by atoms with Gasteiger partial charge in [0.2, 0.25) is 0 Å². The van der Waals surface area contributed by atoms with E-state index in [0.29, 0.717) is 32.2 Å². The molecule has 0 spiro atoms. The van der Waals surface area contributed by atoms with Crippen molar-refractivity contribution in [1.82, 2.24) is 9.80 Å². The highest BCUT2D eigenvalue weighted by atomic mass is 16.5. The maximum absolute atomic E-state index is 12.5. The van der Waals surface area contributed by atoms with Crippen molar-refractivity contribution in [3.8, 4) is 11.5 Å². The number of carbonyl (C=O) groups is 1. The van der Waals surface area contributed by atoms with Crippen molar-refractivity contribution in [3.63, 3.8) is 0 Å². The highest BCUT2D eigenvalue weighted by Crippen LogP contribution is 2.30. The number of hydrogen-bond donors (Lipinski definition) is 0. The van der Waals surface area contributed by atoms with Crippen LogP contribution in [0.3, 0.4) is 0 Å². The van der Waals surface area contributed by atoms with E-state index in [-0.39, 0.29) is 6.03 Å². The Morgan fingerprint density at radius 2 is 1.68 bits per heavy atom. The first-order chi connectivity index (χ1) is 12.2. The number of ether oxygens (including phenoxy) is 3. The molecule has 138 valence electrons. The summed E-state index contributed by atoms with van der Waals surface area (Å²) in [5, 5.41) is 0. The summed E-state index contributed by atoms with van der Waals surface area (Å²) in [6.45, 7) is 4.42. The van der Waals surface area contributed by atoms with Gasteiger partial charge in [0, 0.05) is 26.2 Å². The summed E-state index contributed by atoms with van der Waals surface area (Å²) in [6.07, 6.45) is 3.11. The second kappa shape index (κ2) is 8.43. The number of morpholine rings is 1. The summed E-state index contributed by atoms with van der Waals surface area (Å²) in [4.78, 5) is 16.4. The molecule has 1 aromatic carbocycles. The Hall–Kier alpha value is -1.95. The number of likely N-dealkylation sites (tertiary alicyclic amines) is 1. The van der Waals surface area contributed by atoms with Crippen LogP contribution >= 0.6 is 0 Å². The number of hydrogen-bond acceptors (Lipinski definition) is 4. The molecule has 2 aliphatic rings. The quantitative estimate of drug-likeness (QED) is 0.838. The lowest BCUT2D eigenvalue weighted by atomic mass is 9.90. The molecular formula is C19H28N2O4. The fourth-order valence-electron chi connectivity index (χ4n) is 3.62. The fourth-order valence-corrected chi connectivity index (χ4v) is 3.62. The number of rotatable bonds is 4. The van der Waals surface area contributed by atoms with Crippen LogP contribution in [-0.4, -0.2) is 69.4 Å². The minimum atomic E-state index is 0.174. The molecule has 6 heteroatoms. The molecule has 0 aromatic heterocycles. The second-order valence-electron chi connectivity index (χ2n) is 6.71. The van der Waals surface area contributed by atoms with Crippen LogP contribution in [0.4, 0.5) is 4.79 Å². The average molecular weight is 348 g/mol. The van der Waals surface area contributed by atoms with Crippen molar-refractivity contribution in [2.24, 2.45) is 5.92 Å². The Bertz CT molecular complexity index is 579. The summed E-state index contributed by atoms with van der Waals surface area (Å²) in [5.41, 5.74) is 1.26. The van der Waals surface area contributed by atoms with Crippen LogP contribution in [0.15, 0.2) is 18.2 Å². The number of piperidine rings is 1. The molecule has 0 radical (unpaired) electrons. The number of amides is 2. The van der Waals surface area contributed by atoms with E-state index in [0.717, 1.165) is 43.9 Å². The first kappa shape index (κ1) is 17.9. The van der Waals surface area contributed by atoms with Crippen molar-refractivity contribution in [2.75, 3.05) is 53.6 Å². The van der Waals surface area contributed by atoms with Crippen molar-refractivity contribution in [1.29, 1.82) is 0 Å². The molecule has 1 aromatic rings. The standard InChI is InChI=1S/C19H28N2O4/c1-23-17-4-3-16(14-18(17)24-2)13-15-5-7-20(8-6-15)19(22)21-9-11-25-12-10-21/h3-4,14-15H,5-13H2,1-2H3. The summed E-state index contributed by atoms with van der Waals surface area (Å²) in [5.74, 6) is 2.14. The Morgan fingerprint density at radius 3 is 2.32 bits per heavy atom. The summed E-state index contributed by atoms with van der Waals surface area (Å²) in [7, 11) is 3.32. The van der Waals surface area contributed by atoms with E-state index >= 15 is 0 Å². The van der Waals surface area contributed by atoms with E-state index in [9.17, 15) is 4.79 Å². The molecule has 6 nitrogen and oxygen atoms in total. The van der Waals surface area contributed by atoms with Crippen LogP contribution in [0.25, 0.3) is 0 Å². The van der Waals surface area contributed by atoms with Gasteiger partial charge in [0.15, 0.2) is 11.5 Å². The summed E-state index contributed by atoms with van der Waals surface area (Å²) in [6, 6.07) is 6.30. The average Bonchev–Trinajstić information content (AvgIpc) is 2.68. The first-order valence-electron chi connectivity index (χ1n) is 9.03. The zero-order chi connectivity index (χ0) is 17.6. The third-order valence-electron chi connectivity index (χ3n) is 5.14. The van der Waals surface area contributed by atoms with Gasteiger partial charge in [-0.2, -0.15) is 0 Å². The highest BCUT2D eigenvalue weighted by molar-refractivity contribution is 5.74. The first-order valence-corrected chi connectivity index (χ1v) is 9.03. The molecule has 2 fully saturated rings. The molecule has 2 aliphatic heterocycles. The molecule has 2 heterocycles. The topological polar surface area (TPSA) is 51.2 Å². The Morgan fingerprint density at radius 1 is 1.04 bits per heavy atom. The van der Waals surface area contributed by atoms with E-state index in [1.165, 1.54) is 5.56 Å². The lowest BCUT2D eigenvalue weighted by Gasteiger charge is -2.37. The molecule has 0 N–H and O–H groups in total. The smallest absolute Gasteiger partial charge is 0.320 e. The van der Waals surface area contributed by atoms with Gasteiger partial charge in [0.05, 0.1) is 27.4 Å². The molecule has 0 atom stereocenters. The van der Waals surface area contributed by atoms with E-state index in [1.54, 1.807) is 14.2 Å². The lowest BCUT2D eigenvalue weighted by Crippen LogP contribution is -2.50. The van der Waals surface area contributed by atoms with Crippen molar-refractivity contribution < 1.29 is 19.0 Å². The number of urea groups is 1. The summed E-state index contributed by atoms with van der Waals surface area (Å²) < 4.78 is 16.0. The zero-order valence-electron chi connectivity index (χ0n) is 15.2. The highest BCUT2D eigenvalue weighted by Gasteiger charge is 2.27. The normalized spacial score (nSPS) is 19.0. The van der Waals surface area contributed by atoms with E-state index < -0.39 is 0 Å². The Balaban J connectivity index is 1.51. The molecule has 2 amide bonds. The van der Waals surface area contributed by atoms with E-state index in [2.05, 4.69) is 12.1 Å². The van der Waals surface area contributed by atoms with Gasteiger partial charge in [0.25, 0.3) is 0 Å². The third kappa shape index (κ3) is 4.37. The van der Waals surface area contributed by atoms with Crippen molar-refractivity contribution >= 4 is 6.03 Å². The predicted octanol–water partition coefficient (Wildman–Crippen LogP) is 2.41. The second-order valence-corrected chi connectivity index (χ2v) is 6.71. The maximum Gasteiger partial charge on any atom is 0.320 e. The Labute approximate surface area is 149 Å². The van der Waals surface area contributed by atoms with Gasteiger partial charge in [-0.3, -0.25) is 0 Å². The molecule has 3 rings (SSSR count). The minimum absolute atomic E-state index is 0.174. The zero-order valence-corrected chi connectivity index (χ0v) is 15.2. The predicted molar refractivity (Wildman–Crippen MR) is 95.3 cm³/mol. The van der Waals surface area contributed by atoms with Gasteiger partial charge in [0.1, 0.15) is 0 Å². The van der Waals surface area contributed by atoms with Gasteiger partial charge in [-0.25, -0.2) is 4.79 Å². The number of methoxy groups -OCH3 is 2. The van der Waals surface area contributed by atoms with Gasteiger partial charge in [-0.05, 0) is 42.9 Å². The van der Waals surface area contributed by atoms with E-state index in [1.807, 2.05) is 15.9 Å². The minimum Gasteiger partial charge on any atom is -0.493 e. The monoisotopic (exact) mass is 348 g/mol. The molecule has 0 bridgehead atoms. The van der Waals surface area contributed by atoms with Crippen molar-refractivity contribution in [3.05, 3.63) is 23.8 Å². The molecule has 25 heavy (non-hydrogen) atoms. The van der Waals surface area contributed by atoms with Crippen molar-refractivity contribution in [2.45, 2.75) is 19.3 Å².